The molecule has 2 saturated heterocycles. The highest BCUT2D eigenvalue weighted by molar-refractivity contribution is 8.01. The summed E-state index contributed by atoms with van der Waals surface area (Å²) in [6.07, 6.45) is 0. The number of nitrogens with zero attached hydrogens (tertiary/aromatic N) is 2. The number of carboxylic acids is 1. The molecule has 30 heavy (non-hydrogen) atoms. The van der Waals surface area contributed by atoms with Crippen LogP contribution in [0.2, 0.25) is 5.02 Å². The van der Waals surface area contributed by atoms with Gasteiger partial charge in [0.15, 0.2) is 0 Å². The van der Waals surface area contributed by atoms with Gasteiger partial charge in [0.05, 0.1) is 10.6 Å². The van der Waals surface area contributed by atoms with Gasteiger partial charge in [-0.15, -0.1) is 11.8 Å². The maximum atomic E-state index is 14.4. The third-order valence-corrected chi connectivity index (χ3v) is 7.14. The summed E-state index contributed by atoms with van der Waals surface area (Å²) in [5.41, 5.74) is -0.185. The molecule has 2 aliphatic heterocycles. The molecule has 3 heterocycles. The molecule has 8 nitrogen and oxygen atoms in total. The van der Waals surface area contributed by atoms with Gasteiger partial charge in [-0.25, -0.2) is 9.18 Å². The summed E-state index contributed by atoms with van der Waals surface area (Å²) in [4.78, 5) is 38.5. The lowest BCUT2D eigenvalue weighted by atomic mass is 9.95. The monoisotopic (exact) mass is 453 g/mol. The number of thioether (sulfide) groups is 1. The van der Waals surface area contributed by atoms with Crippen molar-refractivity contribution in [3.63, 3.8) is 0 Å². The Balaban J connectivity index is 1.62. The molecule has 0 spiro atoms. The van der Waals surface area contributed by atoms with Crippen molar-refractivity contribution in [3.8, 4) is 11.3 Å². The number of hydrogen-bond acceptors (Lipinski definition) is 6. The zero-order valence-electron chi connectivity index (χ0n) is 16.1. The van der Waals surface area contributed by atoms with Crippen LogP contribution < -0.4 is 5.32 Å². The highest BCUT2D eigenvalue weighted by Crippen LogP contribution is 2.50. The van der Waals surface area contributed by atoms with Crippen LogP contribution in [0.15, 0.2) is 22.7 Å². The van der Waals surface area contributed by atoms with Crippen molar-refractivity contribution in [2.45, 2.75) is 43.0 Å². The summed E-state index contributed by atoms with van der Waals surface area (Å²) in [6, 6.07) is 2.17. The van der Waals surface area contributed by atoms with Gasteiger partial charge in [-0.3, -0.25) is 9.59 Å². The quantitative estimate of drug-likeness (QED) is 0.684. The zero-order valence-corrected chi connectivity index (χ0v) is 17.7. The molecule has 0 radical (unpaired) electrons. The Labute approximate surface area is 179 Å². The zero-order chi connectivity index (χ0) is 22.0. The molecular formula is C19H17ClFN3O5S. The topological polar surface area (TPSA) is 113 Å². The van der Waals surface area contributed by atoms with Crippen molar-refractivity contribution in [2.24, 2.45) is 0 Å². The van der Waals surface area contributed by atoms with Gasteiger partial charge in [0.25, 0.3) is 5.91 Å². The van der Waals surface area contributed by atoms with E-state index in [1.807, 2.05) is 0 Å². The van der Waals surface area contributed by atoms with E-state index in [-0.39, 0.29) is 27.6 Å². The number of nitrogens with one attached hydrogen (secondary N) is 1. The highest BCUT2D eigenvalue weighted by atomic mass is 35.5. The fraction of sp³-hybridized carbons (Fsp3) is 0.368. The molecule has 2 aromatic rings. The molecule has 158 valence electrons. The van der Waals surface area contributed by atoms with E-state index in [9.17, 15) is 23.9 Å². The van der Waals surface area contributed by atoms with Crippen LogP contribution in [-0.4, -0.2) is 55.2 Å². The predicted octanol–water partition coefficient (Wildman–Crippen LogP) is 2.69. The minimum atomic E-state index is -1.10. The molecule has 3 atom stereocenters. The fourth-order valence-electron chi connectivity index (χ4n) is 3.89. The van der Waals surface area contributed by atoms with E-state index in [0.29, 0.717) is 0 Å². The number of amides is 2. The first-order valence-corrected chi connectivity index (χ1v) is 10.2. The van der Waals surface area contributed by atoms with Gasteiger partial charge in [0.1, 0.15) is 40.3 Å². The first-order chi connectivity index (χ1) is 14.0. The van der Waals surface area contributed by atoms with E-state index in [1.165, 1.54) is 41.8 Å². The number of carboxylic acid groups (broad SMARTS) is 1. The number of rotatable bonds is 4. The highest BCUT2D eigenvalue weighted by Gasteiger charge is 2.64. The number of carbonyl (C=O) groups excluding carboxylic acids is 2. The van der Waals surface area contributed by atoms with Gasteiger partial charge in [0.2, 0.25) is 5.91 Å². The average molecular weight is 454 g/mol. The summed E-state index contributed by atoms with van der Waals surface area (Å²) < 4.78 is 18.7. The Bertz CT molecular complexity index is 1070. The van der Waals surface area contributed by atoms with Crippen LogP contribution in [0.4, 0.5) is 4.39 Å². The molecule has 1 aromatic heterocycles. The molecule has 0 bridgehead atoms. The molecule has 0 saturated carbocycles. The average Bonchev–Trinajstić information content (AvgIpc) is 3.14. The Kier molecular flexibility index (Phi) is 4.81. The van der Waals surface area contributed by atoms with Crippen LogP contribution in [0.25, 0.3) is 11.3 Å². The fourth-order valence-corrected chi connectivity index (χ4v) is 5.77. The van der Waals surface area contributed by atoms with E-state index in [4.69, 9.17) is 16.1 Å². The molecular weight excluding hydrogens is 437 g/mol. The van der Waals surface area contributed by atoms with Crippen molar-refractivity contribution in [2.75, 3.05) is 0 Å². The Morgan fingerprint density at radius 1 is 1.40 bits per heavy atom. The van der Waals surface area contributed by atoms with Gasteiger partial charge in [-0.1, -0.05) is 22.8 Å². The minimum absolute atomic E-state index is 0.0368. The number of β-lactam (4-membered cyclic amide) rings is 1. The Hall–Kier alpha value is -2.59. The number of fused-ring (bicyclic) bond motifs is 1. The van der Waals surface area contributed by atoms with Crippen LogP contribution >= 0.6 is 23.4 Å². The molecule has 4 rings (SSSR count). The van der Waals surface area contributed by atoms with Crippen LogP contribution in [0.3, 0.4) is 0 Å². The van der Waals surface area contributed by atoms with E-state index >= 15 is 0 Å². The van der Waals surface area contributed by atoms with Crippen molar-refractivity contribution in [1.29, 1.82) is 0 Å². The smallest absolute Gasteiger partial charge is 0.327 e. The van der Waals surface area contributed by atoms with Gasteiger partial charge in [-0.2, -0.15) is 0 Å². The molecule has 2 N–H and O–H groups in total. The summed E-state index contributed by atoms with van der Waals surface area (Å²) in [7, 11) is 0. The molecule has 2 aliphatic rings. The first kappa shape index (κ1) is 20.7. The maximum absolute atomic E-state index is 14.4. The lowest BCUT2D eigenvalue weighted by Gasteiger charge is -2.43. The molecule has 11 heteroatoms. The standard InChI is InChI=1S/C19H17ClFN3O5S/c1-7-10(12(23-29-7)11-8(20)5-4-6-9(11)21)15(25)22-13-16(26)24-14(18(27)28)19(2,3)30-17(13)24/h4-6,13-14,17H,1-3H3,(H,22,25)(H,27,28)/t13-,14-,17+/m1/s1. The normalized spacial score (nSPS) is 24.4. The van der Waals surface area contributed by atoms with Crippen LogP contribution in [0.1, 0.15) is 30.0 Å². The van der Waals surface area contributed by atoms with Gasteiger partial charge < -0.3 is 19.8 Å². The Morgan fingerprint density at radius 3 is 2.73 bits per heavy atom. The maximum Gasteiger partial charge on any atom is 0.327 e. The number of aromatic nitrogens is 1. The lowest BCUT2D eigenvalue weighted by molar-refractivity contribution is -0.159. The van der Waals surface area contributed by atoms with Crippen LogP contribution in [0.5, 0.6) is 0 Å². The van der Waals surface area contributed by atoms with E-state index in [2.05, 4.69) is 10.5 Å². The SMILES string of the molecule is Cc1onc(-c2c(F)cccc2Cl)c1C(=O)N[C@@H]1C(=O)N2[C@H]1SC(C)(C)[C@H]2C(=O)O. The van der Waals surface area contributed by atoms with Crippen molar-refractivity contribution in [3.05, 3.63) is 40.4 Å². The number of hydrogen-bond donors (Lipinski definition) is 2. The lowest BCUT2D eigenvalue weighted by Crippen LogP contribution is -2.70. The van der Waals surface area contributed by atoms with Crippen molar-refractivity contribution < 1.29 is 28.4 Å². The minimum Gasteiger partial charge on any atom is -0.480 e. The van der Waals surface area contributed by atoms with Crippen LogP contribution in [-0.2, 0) is 9.59 Å². The summed E-state index contributed by atoms with van der Waals surface area (Å²) >= 11 is 7.40. The number of aliphatic carboxylic acids is 1. The largest absolute Gasteiger partial charge is 0.480 e. The molecule has 0 aliphatic carbocycles. The number of aryl methyl sites for hydroxylation is 1. The third-order valence-electron chi connectivity index (χ3n) is 5.25. The summed E-state index contributed by atoms with van der Waals surface area (Å²) in [5.74, 6) is -2.81. The van der Waals surface area contributed by atoms with Gasteiger partial charge >= 0.3 is 5.97 Å². The van der Waals surface area contributed by atoms with Crippen LogP contribution in [0, 0.1) is 12.7 Å². The van der Waals surface area contributed by atoms with E-state index < -0.39 is 45.8 Å². The second kappa shape index (κ2) is 6.98. The molecule has 0 unspecified atom stereocenters. The summed E-state index contributed by atoms with van der Waals surface area (Å²) in [6.45, 7) is 4.97. The first-order valence-electron chi connectivity index (χ1n) is 8.99. The number of carbonyl (C=O) groups is 3. The van der Waals surface area contributed by atoms with E-state index in [0.717, 1.165) is 0 Å². The summed E-state index contributed by atoms with van der Waals surface area (Å²) in [5, 5.41) is 15.4. The van der Waals surface area contributed by atoms with E-state index in [1.54, 1.807) is 13.8 Å². The van der Waals surface area contributed by atoms with Gasteiger partial charge in [0, 0.05) is 4.75 Å². The number of benzene rings is 1. The van der Waals surface area contributed by atoms with Crippen molar-refractivity contribution >= 4 is 41.1 Å². The second-order valence-corrected chi connectivity index (χ2v) is 9.79. The molecule has 1 aromatic carbocycles. The van der Waals surface area contributed by atoms with Gasteiger partial charge in [-0.05, 0) is 32.9 Å². The second-order valence-electron chi connectivity index (χ2n) is 7.61. The Morgan fingerprint density at radius 2 is 2.10 bits per heavy atom. The predicted molar refractivity (Wildman–Crippen MR) is 107 cm³/mol. The van der Waals surface area contributed by atoms with Crippen molar-refractivity contribution in [1.82, 2.24) is 15.4 Å². The number of halogens is 2. The molecule has 2 amide bonds. The third kappa shape index (κ3) is 2.97. The molecule has 2 fully saturated rings.